The van der Waals surface area contributed by atoms with Gasteiger partial charge >= 0.3 is 6.09 Å². The van der Waals surface area contributed by atoms with Crippen LogP contribution in [0.25, 0.3) is 0 Å². The van der Waals surface area contributed by atoms with E-state index < -0.39 is 35.6 Å². The number of phenolic OH excluding ortho intramolecular Hbond substituents is 1. The summed E-state index contributed by atoms with van der Waals surface area (Å²) in [5.74, 6) is -0.247. The van der Waals surface area contributed by atoms with E-state index >= 15 is 0 Å². The maximum absolute atomic E-state index is 13.7. The minimum atomic E-state index is -1.03. The molecule has 0 aliphatic heterocycles. The number of carbonyl (C=O) groups is 3. The average Bonchev–Trinajstić information content (AvgIpc) is 2.68. The molecule has 0 heterocycles. The number of hydrogen-bond acceptors (Lipinski definition) is 6. The molecule has 0 aliphatic carbocycles. The van der Waals surface area contributed by atoms with E-state index in [4.69, 9.17) is 4.74 Å². The first-order valence-electron chi connectivity index (χ1n) is 10.9. The first kappa shape index (κ1) is 28.4. The Morgan fingerprint density at radius 1 is 1.24 bits per heavy atom. The van der Waals surface area contributed by atoms with Crippen molar-refractivity contribution in [1.82, 2.24) is 15.5 Å². The summed E-state index contributed by atoms with van der Waals surface area (Å²) in [6, 6.07) is 4.14. The minimum absolute atomic E-state index is 0.0216. The van der Waals surface area contributed by atoms with Gasteiger partial charge in [-0.1, -0.05) is 18.2 Å². The highest BCUT2D eigenvalue weighted by Gasteiger charge is 2.35. The molecule has 0 bridgehead atoms. The van der Waals surface area contributed by atoms with E-state index in [1.165, 1.54) is 34.9 Å². The number of hydrogen-bond donors (Lipinski definition) is 3. The fourth-order valence-electron chi connectivity index (χ4n) is 3.14. The highest BCUT2D eigenvalue weighted by molar-refractivity contribution is 7.98. The Labute approximate surface area is 201 Å². The second-order valence-corrected chi connectivity index (χ2v) is 9.91. The van der Waals surface area contributed by atoms with Gasteiger partial charge in [-0.25, -0.2) is 4.79 Å². The number of alkyl carbamates (subject to hydrolysis) is 1. The van der Waals surface area contributed by atoms with Gasteiger partial charge in [0.1, 0.15) is 23.4 Å². The number of nitrogens with one attached hydrogen (secondary N) is 2. The summed E-state index contributed by atoms with van der Waals surface area (Å²) in [7, 11) is 0. The fourth-order valence-corrected chi connectivity index (χ4v) is 3.61. The molecule has 3 amide bonds. The van der Waals surface area contributed by atoms with E-state index in [0.717, 1.165) is 0 Å². The number of amides is 3. The molecule has 3 N–H and O–H groups in total. The third kappa shape index (κ3) is 9.77. The highest BCUT2D eigenvalue weighted by Crippen LogP contribution is 2.26. The van der Waals surface area contributed by atoms with Gasteiger partial charge in [-0.15, -0.1) is 6.58 Å². The topological polar surface area (TPSA) is 108 Å². The smallest absolute Gasteiger partial charge is 0.408 e. The molecule has 0 saturated heterocycles. The molecule has 33 heavy (non-hydrogen) atoms. The second-order valence-electron chi connectivity index (χ2n) is 8.92. The summed E-state index contributed by atoms with van der Waals surface area (Å²) >= 11 is 1.54. The van der Waals surface area contributed by atoms with Crippen molar-refractivity contribution < 1.29 is 24.2 Å². The van der Waals surface area contributed by atoms with Crippen LogP contribution < -0.4 is 10.6 Å². The fraction of sp³-hybridized carbons (Fsp3) is 0.542. The summed E-state index contributed by atoms with van der Waals surface area (Å²) in [6.45, 7) is 12.7. The molecule has 1 aromatic carbocycles. The van der Waals surface area contributed by atoms with E-state index in [0.29, 0.717) is 17.7 Å². The van der Waals surface area contributed by atoms with Crippen molar-refractivity contribution in [3.05, 3.63) is 42.5 Å². The number of nitrogens with zero attached hydrogens (tertiary/aromatic N) is 1. The first-order valence-corrected chi connectivity index (χ1v) is 12.3. The van der Waals surface area contributed by atoms with Crippen LogP contribution in [0.2, 0.25) is 0 Å². The van der Waals surface area contributed by atoms with E-state index in [2.05, 4.69) is 17.2 Å². The molecule has 0 fully saturated rings. The van der Waals surface area contributed by atoms with Crippen LogP contribution in [-0.4, -0.2) is 64.2 Å². The third-order valence-corrected chi connectivity index (χ3v) is 5.03. The summed E-state index contributed by atoms with van der Waals surface area (Å²) in [6.07, 6.45) is 3.07. The molecule has 9 heteroatoms. The van der Waals surface area contributed by atoms with Gasteiger partial charge in [-0.3, -0.25) is 9.59 Å². The van der Waals surface area contributed by atoms with Gasteiger partial charge in [0.2, 0.25) is 11.8 Å². The van der Waals surface area contributed by atoms with Crippen LogP contribution in [0.4, 0.5) is 4.79 Å². The van der Waals surface area contributed by atoms with Gasteiger partial charge in [0.15, 0.2) is 0 Å². The number of phenols is 1. The Morgan fingerprint density at radius 3 is 2.42 bits per heavy atom. The van der Waals surface area contributed by atoms with Crippen molar-refractivity contribution in [3.8, 4) is 5.75 Å². The molecule has 0 radical (unpaired) electrons. The van der Waals surface area contributed by atoms with Crippen LogP contribution in [0.5, 0.6) is 5.75 Å². The predicted molar refractivity (Wildman–Crippen MR) is 132 cm³/mol. The number of thioether (sulfide) groups is 1. The lowest BCUT2D eigenvalue weighted by Gasteiger charge is -2.34. The van der Waals surface area contributed by atoms with Gasteiger partial charge in [0.05, 0.1) is 0 Å². The van der Waals surface area contributed by atoms with Crippen LogP contribution in [0.1, 0.15) is 52.6 Å². The van der Waals surface area contributed by atoms with E-state index in [1.54, 1.807) is 32.9 Å². The van der Waals surface area contributed by atoms with Crippen molar-refractivity contribution in [2.24, 2.45) is 0 Å². The van der Waals surface area contributed by atoms with Crippen LogP contribution in [0.3, 0.4) is 0 Å². The van der Waals surface area contributed by atoms with Crippen LogP contribution in [0, 0.1) is 0 Å². The highest BCUT2D eigenvalue weighted by atomic mass is 32.2. The molecular weight excluding hydrogens is 442 g/mol. The summed E-state index contributed by atoms with van der Waals surface area (Å²) in [4.78, 5) is 40.7. The molecule has 184 valence electrons. The maximum Gasteiger partial charge on any atom is 0.408 e. The summed E-state index contributed by atoms with van der Waals surface area (Å²) in [5, 5.41) is 15.5. The largest absolute Gasteiger partial charge is 0.508 e. The lowest BCUT2D eigenvalue weighted by Crippen LogP contribution is -2.53. The molecular formula is C24H37N3O5S. The Balaban J connectivity index is 3.38. The zero-order valence-electron chi connectivity index (χ0n) is 20.4. The Bertz CT molecular complexity index is 823. The standard InChI is InChI=1S/C24H37N3O5S/c1-8-13-27(20(21(29)25-16(2)3)17-10-9-11-18(28)15-17)22(30)19(12-14-33-7)26-23(31)32-24(4,5)6/h8-11,15-16,19-20,28H,1,12-14H2,2-7H3,(H,25,29)(H,26,31). The van der Waals surface area contributed by atoms with Gasteiger partial charge < -0.3 is 25.4 Å². The molecule has 0 aromatic heterocycles. The molecule has 2 atom stereocenters. The zero-order valence-corrected chi connectivity index (χ0v) is 21.2. The van der Waals surface area contributed by atoms with Gasteiger partial charge in [0.25, 0.3) is 0 Å². The first-order chi connectivity index (χ1) is 15.4. The van der Waals surface area contributed by atoms with Crippen molar-refractivity contribution in [2.45, 2.75) is 64.8 Å². The summed E-state index contributed by atoms with van der Waals surface area (Å²) < 4.78 is 5.34. The molecule has 0 saturated carbocycles. The monoisotopic (exact) mass is 479 g/mol. The lowest BCUT2D eigenvalue weighted by atomic mass is 10.0. The minimum Gasteiger partial charge on any atom is -0.508 e. The third-order valence-electron chi connectivity index (χ3n) is 4.39. The van der Waals surface area contributed by atoms with Crippen LogP contribution >= 0.6 is 11.8 Å². The van der Waals surface area contributed by atoms with Gasteiger partial charge in [-0.2, -0.15) is 11.8 Å². The quantitative estimate of drug-likeness (QED) is 0.419. The number of rotatable bonds is 11. The van der Waals surface area contributed by atoms with Crippen molar-refractivity contribution in [2.75, 3.05) is 18.6 Å². The Morgan fingerprint density at radius 2 is 1.91 bits per heavy atom. The van der Waals surface area contributed by atoms with Crippen LogP contribution in [-0.2, 0) is 14.3 Å². The predicted octanol–water partition coefficient (Wildman–Crippen LogP) is 3.62. The Hall–Kier alpha value is -2.68. The van der Waals surface area contributed by atoms with Crippen molar-refractivity contribution >= 4 is 29.7 Å². The van der Waals surface area contributed by atoms with Gasteiger partial charge in [0, 0.05) is 12.6 Å². The van der Waals surface area contributed by atoms with Crippen LogP contribution in [0.15, 0.2) is 36.9 Å². The molecule has 0 spiro atoms. The molecule has 1 rings (SSSR count). The number of carbonyl (C=O) groups excluding carboxylic acids is 3. The SMILES string of the molecule is C=CCN(C(=O)C(CCSC)NC(=O)OC(C)(C)C)C(C(=O)NC(C)C)c1cccc(O)c1. The Kier molecular flexibility index (Phi) is 11.3. The zero-order chi connectivity index (χ0) is 25.2. The number of aromatic hydroxyl groups is 1. The van der Waals surface area contributed by atoms with E-state index in [9.17, 15) is 19.5 Å². The summed E-state index contributed by atoms with van der Waals surface area (Å²) in [5.41, 5.74) is -0.275. The van der Waals surface area contributed by atoms with E-state index in [1.807, 2.05) is 20.1 Å². The van der Waals surface area contributed by atoms with E-state index in [-0.39, 0.29) is 18.3 Å². The normalized spacial score (nSPS) is 13.1. The average molecular weight is 480 g/mol. The lowest BCUT2D eigenvalue weighted by molar-refractivity contribution is -0.142. The van der Waals surface area contributed by atoms with Crippen molar-refractivity contribution in [3.63, 3.8) is 0 Å². The molecule has 8 nitrogen and oxygen atoms in total. The number of benzene rings is 1. The molecule has 0 aliphatic rings. The van der Waals surface area contributed by atoms with Gasteiger partial charge in [-0.05, 0) is 70.7 Å². The molecule has 2 unspecified atom stereocenters. The molecule has 1 aromatic rings. The number of ether oxygens (including phenoxy) is 1. The maximum atomic E-state index is 13.7. The van der Waals surface area contributed by atoms with Crippen molar-refractivity contribution in [1.29, 1.82) is 0 Å². The second kappa shape index (κ2) is 13.1.